The third-order valence-electron chi connectivity index (χ3n) is 21.0. The van der Waals surface area contributed by atoms with E-state index in [1.165, 1.54) is 107 Å². The molecule has 1 spiro atoms. The quantitative estimate of drug-likeness (QED) is 0.00566. The zero-order valence-corrected chi connectivity index (χ0v) is 73.7. The minimum absolute atomic E-state index is 0.0228. The third kappa shape index (κ3) is 30.8. The number of carboxylic acid groups (broad SMARTS) is 3. The number of phenols is 2. The summed E-state index contributed by atoms with van der Waals surface area (Å²) >= 11 is 0. The highest BCUT2D eigenvalue weighted by molar-refractivity contribution is 6.04. The molecule has 3 aromatic carbocycles. The first-order chi connectivity index (χ1) is 63.7. The van der Waals surface area contributed by atoms with E-state index in [-0.39, 0.29) is 107 Å². The van der Waals surface area contributed by atoms with Crippen molar-refractivity contribution in [2.75, 3.05) is 13.1 Å². The molecule has 53 nitrogen and oxygen atoms in total. The number of hydrogen-bond acceptors (Lipinski definition) is 28. The number of urea groups is 1. The van der Waals surface area contributed by atoms with Crippen LogP contribution in [0.15, 0.2) is 79.6 Å². The van der Waals surface area contributed by atoms with Crippen LogP contribution in [0.4, 0.5) is 4.79 Å². The number of hydrazine groups is 1. The predicted octanol–water partition coefficient (Wildman–Crippen LogP) is -6.79. The molecule has 53 heteroatoms. The van der Waals surface area contributed by atoms with E-state index in [4.69, 9.17) is 32.1 Å². The first-order valence-corrected chi connectivity index (χ1v) is 42.0. The summed E-state index contributed by atoms with van der Waals surface area (Å²) in [5, 5.41) is 91.9. The number of carboxylic acids is 3. The van der Waals surface area contributed by atoms with Crippen LogP contribution >= 0.6 is 0 Å². The summed E-state index contributed by atoms with van der Waals surface area (Å²) in [4.78, 5) is 294. The highest BCUT2D eigenvalue weighted by Gasteiger charge is 2.54. The van der Waals surface area contributed by atoms with E-state index in [0.717, 1.165) is 13.8 Å². The lowest BCUT2D eigenvalue weighted by Gasteiger charge is -2.36. The molecule has 18 amide bonds. The normalized spacial score (nSPS) is 14.9. The fourth-order valence-corrected chi connectivity index (χ4v) is 13.5. The van der Waals surface area contributed by atoms with Crippen LogP contribution in [0.2, 0.25) is 0 Å². The van der Waals surface area contributed by atoms with Crippen molar-refractivity contribution in [3.8, 4) is 23.0 Å². The highest BCUT2D eigenvalue weighted by atomic mass is 16.6. The molecule has 4 heterocycles. The van der Waals surface area contributed by atoms with E-state index < -0.39 is 266 Å². The molecule has 728 valence electrons. The number of aromatic hydroxyl groups is 2. The van der Waals surface area contributed by atoms with Gasteiger partial charge in [0.1, 0.15) is 102 Å². The Kier molecular flexibility index (Phi) is 38.2. The van der Waals surface area contributed by atoms with Gasteiger partial charge in [-0.15, -0.1) is 0 Å². The van der Waals surface area contributed by atoms with E-state index in [1.54, 1.807) is 6.92 Å². The smallest absolute Gasteiger partial charge is 0.340 e. The van der Waals surface area contributed by atoms with Gasteiger partial charge in [-0.2, -0.15) is 0 Å². The van der Waals surface area contributed by atoms with Gasteiger partial charge in [0.2, 0.25) is 82.7 Å². The van der Waals surface area contributed by atoms with Crippen LogP contribution in [0.3, 0.4) is 0 Å². The van der Waals surface area contributed by atoms with Crippen LogP contribution in [-0.4, -0.2) is 267 Å². The number of amides is 18. The van der Waals surface area contributed by atoms with Gasteiger partial charge in [0.15, 0.2) is 11.6 Å². The first-order valence-electron chi connectivity index (χ1n) is 42.0. The van der Waals surface area contributed by atoms with Gasteiger partial charge >= 0.3 is 29.9 Å². The monoisotopic (exact) mass is 1890 g/mol. The lowest BCUT2D eigenvalue weighted by molar-refractivity contribution is -0.142. The van der Waals surface area contributed by atoms with Crippen LogP contribution in [-0.2, 0) is 109 Å². The lowest BCUT2D eigenvalue weighted by Crippen LogP contribution is -2.61. The van der Waals surface area contributed by atoms with Gasteiger partial charge in [-0.1, -0.05) is 20.3 Å². The van der Waals surface area contributed by atoms with E-state index >= 15 is 0 Å². The van der Waals surface area contributed by atoms with Crippen LogP contribution < -0.4 is 113 Å². The van der Waals surface area contributed by atoms with Crippen molar-refractivity contribution in [1.29, 1.82) is 5.41 Å². The Hall–Kier alpha value is -16.6. The number of carbonyl (C=O) groups is 21. The number of guanidine groups is 1. The van der Waals surface area contributed by atoms with Gasteiger partial charge in [0, 0.05) is 85.4 Å². The van der Waals surface area contributed by atoms with Crippen LogP contribution in [0.1, 0.15) is 161 Å². The number of rotatable bonds is 50. The number of H-pyrrole nitrogens is 2. The number of nitrogens with two attached hydrogens (primary N) is 3. The molecule has 0 bridgehead atoms. The zero-order valence-electron chi connectivity index (χ0n) is 73.7. The number of nitrogens with zero attached hydrogens (tertiary/aromatic N) is 2. The van der Waals surface area contributed by atoms with Gasteiger partial charge in [0.25, 0.3) is 11.8 Å². The minimum Gasteiger partial charge on any atom is -0.508 e. The fraction of sp³-hybridized carbons (Fsp3) is 0.439. The lowest BCUT2D eigenvalue weighted by atomic mass is 9.77. The Morgan fingerprint density at radius 1 is 0.459 bits per heavy atom. The van der Waals surface area contributed by atoms with Crippen LogP contribution in [0.25, 0.3) is 0 Å². The predicted molar refractivity (Wildman–Crippen MR) is 462 cm³/mol. The van der Waals surface area contributed by atoms with Crippen molar-refractivity contribution in [2.45, 2.75) is 210 Å². The number of benzene rings is 3. The van der Waals surface area contributed by atoms with Crippen molar-refractivity contribution in [3.05, 3.63) is 119 Å². The molecule has 2 aliphatic rings. The van der Waals surface area contributed by atoms with Gasteiger partial charge in [-0.3, -0.25) is 97.1 Å². The third-order valence-corrected chi connectivity index (χ3v) is 21.0. The molecule has 31 N–H and O–H groups in total. The number of fused-ring (bicyclic) bond motifs is 6. The molecule has 5 aromatic rings. The van der Waals surface area contributed by atoms with E-state index in [2.05, 4.69) is 105 Å². The van der Waals surface area contributed by atoms with E-state index in [1.807, 2.05) is 5.43 Å². The van der Waals surface area contributed by atoms with Crippen molar-refractivity contribution in [3.63, 3.8) is 0 Å². The Bertz CT molecular complexity index is 5250. The molecule has 0 unspecified atom stereocenters. The summed E-state index contributed by atoms with van der Waals surface area (Å²) < 4.78 is 12.1. The molecule has 0 saturated carbocycles. The van der Waals surface area contributed by atoms with E-state index in [0.29, 0.717) is 0 Å². The summed E-state index contributed by atoms with van der Waals surface area (Å²) in [6, 6.07) is -10.6. The fourth-order valence-electron chi connectivity index (χ4n) is 13.5. The average Bonchev–Trinajstić information content (AvgIpc) is 1.60. The molecule has 2 aromatic heterocycles. The number of imidazole rings is 2. The van der Waals surface area contributed by atoms with Gasteiger partial charge in [-0.25, -0.2) is 29.8 Å². The van der Waals surface area contributed by atoms with Crippen LogP contribution in [0.5, 0.6) is 23.0 Å². The van der Waals surface area contributed by atoms with Crippen molar-refractivity contribution < 1.29 is 136 Å². The number of phenolic OH excluding ortho intramolecular Hbond substituents is 2. The minimum atomic E-state index is -1.99. The molecule has 0 fully saturated rings. The summed E-state index contributed by atoms with van der Waals surface area (Å²) in [6.07, 6.45) is -0.201. The summed E-state index contributed by atoms with van der Waals surface area (Å²) in [6.45, 7) is 8.14. The Morgan fingerprint density at radius 2 is 0.911 bits per heavy atom. The largest absolute Gasteiger partial charge is 0.508 e. The van der Waals surface area contributed by atoms with Crippen molar-refractivity contribution in [2.24, 2.45) is 23.1 Å². The summed E-state index contributed by atoms with van der Waals surface area (Å²) in [7, 11) is 0. The molecule has 14 atom stereocenters. The maximum Gasteiger partial charge on any atom is 0.340 e. The maximum atomic E-state index is 14.3. The first kappa shape index (κ1) is 105. The Balaban J connectivity index is 0.931. The second kappa shape index (κ2) is 48.9. The molecule has 2 aliphatic heterocycles. The number of aliphatic carboxylic acids is 3. The number of primary amides is 2. The van der Waals surface area contributed by atoms with Crippen LogP contribution in [0, 0.1) is 11.3 Å². The molecule has 7 rings (SSSR count). The molecular formula is C82H107N25O28. The van der Waals surface area contributed by atoms with Gasteiger partial charge < -0.3 is 142 Å². The van der Waals surface area contributed by atoms with Crippen molar-refractivity contribution >= 4 is 130 Å². The SMILES string of the molecule is CC[C@H](C)[C@H](NC(=O)[C@H](CCC(=O)O)NC(=O)[C@H](C)NC(=O)[C@H](Cc1c[nH]cn1)NC(=O)[C@H](C)NC(=O)[C@H](C)NC(=O)[C@H](Cc1c[nH]cn1)NC(=O)NNC(=O)[C@H](C)NC(=O)[C@H](CCC(N)=O)NC(=O)c1ccc2c(c1)C1(OC2=O)c2ccc(O)cc2Oc2cc(O)ccc21)C(=O)N[C@@H](CC(N)=O)C(=O)N[C@@H](CCC(=O)O)C(=O)N[C@@H](C)C(=O)NCC(=O)N[C@@H](CCCNC(=N)N)C(=O)O. The Morgan fingerprint density at radius 3 is 1.40 bits per heavy atom. The van der Waals surface area contributed by atoms with Gasteiger partial charge in [-0.05, 0) is 115 Å². The molecular weight excluding hydrogens is 1780 g/mol. The molecule has 0 radical (unpaired) electrons. The summed E-state index contributed by atoms with van der Waals surface area (Å²) in [5.41, 5.74) is 19.3. The topological polar surface area (TPSA) is 842 Å². The second-order valence-corrected chi connectivity index (χ2v) is 31.5. The molecule has 0 aliphatic carbocycles. The second-order valence-electron chi connectivity index (χ2n) is 31.5. The standard InChI is InChI=1S/C82H107N25O28/c1-8-35(2)64(77(129)103-56(29-60(84)111)76(128)101-51(18-21-62(113)114)72(124)94-36(3)65(117)90-32-61(112)98-53(78(130)131)10-9-23-89-80(85)86)105-73(125)52(19-22-63(115)116)99-67(119)39(6)96-74(126)54(25-42-30-87-33-91-42)102-68(120)38(5)93-66(118)37(4)95-75(127)55(26-43-31-88-34-92-43)104-81(133)107-106-69(121)40(7)97-71(123)50(17-20-59(83)110)100-70(122)41-11-14-46-49(24-41)82(135-79(46)132)47-15-12-44(108)27-57(47)134-58-28-45(109)13-16-48(58)82/h11-16,24,27-28,30-31,33-40,50-56,64,108-109H,8-10,17-23,25-26,29,32H2,1-7H3,(H2,83,110)(H2,84,111)(H,87,91)(H,88,92)(H,90,117)(H,93,118)(H,94,124)(H,95,127)(H,96,126)(H,97,123)(H,98,112)(H,99,119)(H,100,122)(H,101,128)(H,102,120)(H,103,129)(H,105,125)(H,106,121)(H,113,114)(H,115,116)(H,130,131)(H4,85,86,89)(H2,104,107,133)/t35-,36-,37-,38-,39-,40-,50-,51-,52-,53-,54-,55-,56-,64-/m0/s1. The number of aromatic nitrogens is 4. The maximum absolute atomic E-state index is 14.3. The zero-order chi connectivity index (χ0) is 100.0. The number of esters is 1. The number of carbonyl (C=O) groups excluding carboxylic acids is 18. The summed E-state index contributed by atoms with van der Waals surface area (Å²) in [5.74, 6) is -24.1. The highest BCUT2D eigenvalue weighted by Crippen LogP contribution is 2.57. The Labute approximate surface area is 766 Å². The average molecular weight is 1890 g/mol. The van der Waals surface area contributed by atoms with Crippen molar-refractivity contribution in [1.82, 2.24) is 111 Å². The van der Waals surface area contributed by atoms with E-state index in [9.17, 15) is 126 Å². The molecule has 135 heavy (non-hydrogen) atoms. The number of nitrogens with one attached hydrogen (secondary N) is 20. The van der Waals surface area contributed by atoms with Gasteiger partial charge in [0.05, 0.1) is 42.6 Å². The molecule has 0 saturated heterocycles. The number of ether oxygens (including phenoxy) is 2. The number of aromatic amines is 2. The number of hydrogen-bond donors (Lipinski definition) is 28.